The van der Waals surface area contributed by atoms with Gasteiger partial charge in [0.15, 0.2) is 11.6 Å². The van der Waals surface area contributed by atoms with Crippen LogP contribution in [0.2, 0.25) is 0 Å². The van der Waals surface area contributed by atoms with Gasteiger partial charge in [-0.1, -0.05) is 31.5 Å². The van der Waals surface area contributed by atoms with E-state index in [1.165, 1.54) is 24.3 Å². The number of hydrogen-bond donors (Lipinski definition) is 0. The van der Waals surface area contributed by atoms with Gasteiger partial charge in [-0.15, -0.1) is 0 Å². The van der Waals surface area contributed by atoms with Crippen LogP contribution in [-0.4, -0.2) is 5.97 Å². The average Bonchev–Trinajstić information content (AvgIpc) is 2.48. The lowest BCUT2D eigenvalue weighted by Gasteiger charge is -2.07. The molecule has 0 radical (unpaired) electrons. The Morgan fingerprint density at radius 3 is 2.33 bits per heavy atom. The van der Waals surface area contributed by atoms with Crippen LogP contribution in [0.3, 0.4) is 0 Å². The minimum Gasteiger partial charge on any atom is -0.423 e. The Kier molecular flexibility index (Phi) is 5.04. The fraction of sp³-hybridized carbons (Fsp3) is 0.235. The molecule has 110 valence electrons. The van der Waals surface area contributed by atoms with Crippen molar-refractivity contribution in [2.45, 2.75) is 26.2 Å². The second-order valence-electron chi connectivity index (χ2n) is 4.73. The first-order valence-corrected chi connectivity index (χ1v) is 6.86. The van der Waals surface area contributed by atoms with E-state index < -0.39 is 11.8 Å². The van der Waals surface area contributed by atoms with E-state index in [4.69, 9.17) is 4.74 Å². The van der Waals surface area contributed by atoms with Crippen molar-refractivity contribution >= 4 is 5.97 Å². The fourth-order valence-corrected chi connectivity index (χ4v) is 1.90. The zero-order valence-electron chi connectivity index (χ0n) is 11.7. The van der Waals surface area contributed by atoms with E-state index in [1.807, 2.05) is 6.92 Å². The maximum Gasteiger partial charge on any atom is 0.311 e. The molecule has 21 heavy (non-hydrogen) atoms. The van der Waals surface area contributed by atoms with Gasteiger partial charge in [-0.05, 0) is 41.8 Å². The summed E-state index contributed by atoms with van der Waals surface area (Å²) in [5, 5.41) is 0. The number of esters is 1. The van der Waals surface area contributed by atoms with E-state index in [-0.39, 0.29) is 18.0 Å². The first-order valence-electron chi connectivity index (χ1n) is 6.86. The van der Waals surface area contributed by atoms with Crippen LogP contribution in [0, 0.1) is 11.6 Å². The highest BCUT2D eigenvalue weighted by Gasteiger charge is 2.10. The van der Waals surface area contributed by atoms with E-state index in [1.54, 1.807) is 18.2 Å². The van der Waals surface area contributed by atoms with Crippen LogP contribution < -0.4 is 4.74 Å². The number of carbonyl (C=O) groups excluding carboxylic acids is 1. The molecule has 0 saturated heterocycles. The second-order valence-corrected chi connectivity index (χ2v) is 4.73. The molecule has 0 saturated carbocycles. The van der Waals surface area contributed by atoms with Crippen LogP contribution in [0.1, 0.15) is 26.2 Å². The van der Waals surface area contributed by atoms with Gasteiger partial charge in [0.2, 0.25) is 0 Å². The summed E-state index contributed by atoms with van der Waals surface area (Å²) in [6, 6.07) is 10.1. The van der Waals surface area contributed by atoms with Gasteiger partial charge < -0.3 is 4.74 Å². The van der Waals surface area contributed by atoms with Crippen molar-refractivity contribution in [1.82, 2.24) is 0 Å². The molecule has 0 bridgehead atoms. The third kappa shape index (κ3) is 4.12. The molecule has 0 unspecified atom stereocenters. The first kappa shape index (κ1) is 15.2. The van der Waals surface area contributed by atoms with Gasteiger partial charge in [-0.25, -0.2) is 8.78 Å². The first-order chi connectivity index (χ1) is 10.1. The number of ether oxygens (including phenoxy) is 1. The molecule has 0 fully saturated rings. The average molecular weight is 290 g/mol. The number of halogens is 2. The van der Waals surface area contributed by atoms with Gasteiger partial charge in [0.1, 0.15) is 5.82 Å². The highest BCUT2D eigenvalue weighted by Crippen LogP contribution is 2.26. The van der Waals surface area contributed by atoms with Crippen LogP contribution in [0.5, 0.6) is 5.75 Å². The number of carbonyl (C=O) groups is 1. The van der Waals surface area contributed by atoms with Gasteiger partial charge in [0, 0.05) is 6.42 Å². The molecule has 2 nitrogen and oxygen atoms in total. The van der Waals surface area contributed by atoms with Crippen molar-refractivity contribution in [3.05, 3.63) is 54.1 Å². The van der Waals surface area contributed by atoms with Crippen molar-refractivity contribution in [1.29, 1.82) is 0 Å². The normalized spacial score (nSPS) is 10.4. The minimum atomic E-state index is -0.610. The van der Waals surface area contributed by atoms with Crippen LogP contribution in [0.25, 0.3) is 11.1 Å². The molecule has 0 heterocycles. The largest absolute Gasteiger partial charge is 0.423 e. The summed E-state index contributed by atoms with van der Waals surface area (Å²) in [6.07, 6.45) is 1.87. The van der Waals surface area contributed by atoms with Crippen molar-refractivity contribution in [3.63, 3.8) is 0 Å². The third-order valence-electron chi connectivity index (χ3n) is 3.07. The topological polar surface area (TPSA) is 26.3 Å². The fourth-order valence-electron chi connectivity index (χ4n) is 1.90. The third-order valence-corrected chi connectivity index (χ3v) is 3.07. The number of rotatable bonds is 5. The molecule has 2 rings (SSSR count). The van der Waals surface area contributed by atoms with Crippen molar-refractivity contribution in [2.75, 3.05) is 0 Å². The summed E-state index contributed by atoms with van der Waals surface area (Å²) in [7, 11) is 0. The Morgan fingerprint density at radius 2 is 1.71 bits per heavy atom. The van der Waals surface area contributed by atoms with Gasteiger partial charge in [0.25, 0.3) is 0 Å². The van der Waals surface area contributed by atoms with Crippen LogP contribution in [0.4, 0.5) is 8.78 Å². The molecule has 2 aromatic carbocycles. The summed E-state index contributed by atoms with van der Waals surface area (Å²) >= 11 is 0. The van der Waals surface area contributed by atoms with Crippen molar-refractivity contribution in [3.8, 4) is 16.9 Å². The van der Waals surface area contributed by atoms with Gasteiger partial charge in [-0.2, -0.15) is 0 Å². The number of unbranched alkanes of at least 4 members (excludes halogenated alkanes) is 1. The lowest BCUT2D eigenvalue weighted by Crippen LogP contribution is -2.08. The van der Waals surface area contributed by atoms with Crippen molar-refractivity contribution in [2.24, 2.45) is 0 Å². The molecule has 2 aromatic rings. The lowest BCUT2D eigenvalue weighted by molar-refractivity contribution is -0.134. The van der Waals surface area contributed by atoms with Crippen LogP contribution in [-0.2, 0) is 4.79 Å². The second kappa shape index (κ2) is 6.97. The summed E-state index contributed by atoms with van der Waals surface area (Å²) in [6.45, 7) is 1.96. The standard InChI is InChI=1S/C17H16F2O2/c1-2-3-4-17(20)21-16-10-7-13(11-15(16)19)12-5-8-14(18)9-6-12/h5-11H,2-4H2,1H3. The molecule has 0 aromatic heterocycles. The van der Waals surface area contributed by atoms with Gasteiger partial charge in [0.05, 0.1) is 0 Å². The molecular weight excluding hydrogens is 274 g/mol. The number of hydrogen-bond acceptors (Lipinski definition) is 2. The van der Waals surface area contributed by atoms with E-state index >= 15 is 0 Å². The lowest BCUT2D eigenvalue weighted by atomic mass is 10.1. The Labute approximate surface area is 122 Å². The summed E-state index contributed by atoms with van der Waals surface area (Å²) in [4.78, 5) is 11.5. The molecule has 0 aliphatic heterocycles. The molecule has 0 aliphatic rings. The van der Waals surface area contributed by atoms with E-state index in [9.17, 15) is 13.6 Å². The van der Waals surface area contributed by atoms with Gasteiger partial charge in [-0.3, -0.25) is 4.79 Å². The Bertz CT molecular complexity index is 621. The van der Waals surface area contributed by atoms with Crippen LogP contribution in [0.15, 0.2) is 42.5 Å². The smallest absolute Gasteiger partial charge is 0.311 e. The molecular formula is C17H16F2O2. The quantitative estimate of drug-likeness (QED) is 0.588. The Morgan fingerprint density at radius 1 is 1.05 bits per heavy atom. The van der Waals surface area contributed by atoms with Gasteiger partial charge >= 0.3 is 5.97 Å². The predicted molar refractivity (Wildman–Crippen MR) is 77.0 cm³/mol. The zero-order valence-corrected chi connectivity index (χ0v) is 11.7. The van der Waals surface area contributed by atoms with E-state index in [0.717, 1.165) is 6.42 Å². The van der Waals surface area contributed by atoms with E-state index in [0.29, 0.717) is 17.5 Å². The summed E-state index contributed by atoms with van der Waals surface area (Å²) in [5.41, 5.74) is 1.29. The molecule has 0 N–H and O–H groups in total. The van der Waals surface area contributed by atoms with Crippen LogP contribution >= 0.6 is 0 Å². The summed E-state index contributed by atoms with van der Waals surface area (Å²) < 4.78 is 31.8. The maximum absolute atomic E-state index is 13.9. The molecule has 0 amide bonds. The zero-order chi connectivity index (χ0) is 15.2. The molecule has 0 atom stereocenters. The summed E-state index contributed by atoms with van der Waals surface area (Å²) in [5.74, 6) is -1.48. The number of benzene rings is 2. The highest BCUT2D eigenvalue weighted by atomic mass is 19.1. The predicted octanol–water partition coefficient (Wildman–Crippen LogP) is 4.73. The molecule has 4 heteroatoms. The molecule has 0 aliphatic carbocycles. The minimum absolute atomic E-state index is 0.0815. The highest BCUT2D eigenvalue weighted by molar-refractivity contribution is 5.73. The molecule has 0 spiro atoms. The Balaban J connectivity index is 2.13. The van der Waals surface area contributed by atoms with E-state index in [2.05, 4.69) is 0 Å². The Hall–Kier alpha value is -2.23. The van der Waals surface area contributed by atoms with Crippen molar-refractivity contribution < 1.29 is 18.3 Å². The maximum atomic E-state index is 13.9. The SMILES string of the molecule is CCCCC(=O)Oc1ccc(-c2ccc(F)cc2)cc1F. The monoisotopic (exact) mass is 290 g/mol.